The molecule has 1 aromatic carbocycles. The van der Waals surface area contributed by atoms with Crippen molar-refractivity contribution < 1.29 is 18.7 Å². The maximum atomic E-state index is 13.0. The van der Waals surface area contributed by atoms with E-state index in [1.807, 2.05) is 6.92 Å². The third kappa shape index (κ3) is 5.07. The minimum Gasteiger partial charge on any atom is -0.469 e. The fourth-order valence-corrected chi connectivity index (χ4v) is 1.72. The van der Waals surface area contributed by atoms with Crippen molar-refractivity contribution in [3.8, 4) is 0 Å². The first-order chi connectivity index (χ1) is 9.06. The molecule has 0 radical (unpaired) electrons. The van der Waals surface area contributed by atoms with Crippen molar-refractivity contribution in [2.45, 2.75) is 19.8 Å². The van der Waals surface area contributed by atoms with Gasteiger partial charge in [0.05, 0.1) is 20.0 Å². The fraction of sp³-hybridized carbons (Fsp3) is 0.429. The van der Waals surface area contributed by atoms with Crippen LogP contribution in [0.15, 0.2) is 24.3 Å². The third-order valence-electron chi connectivity index (χ3n) is 2.79. The number of hydrogen-bond acceptors (Lipinski definition) is 3. The summed E-state index contributed by atoms with van der Waals surface area (Å²) in [5.74, 6) is -0.836. The van der Waals surface area contributed by atoms with E-state index in [1.165, 1.54) is 19.2 Å². The number of rotatable bonds is 6. The number of methoxy groups -OCH3 is 1. The molecule has 0 aliphatic rings. The molecule has 1 rings (SSSR count). The maximum absolute atomic E-state index is 13.0. The van der Waals surface area contributed by atoms with Gasteiger partial charge in [0, 0.05) is 13.1 Å². The highest BCUT2D eigenvalue weighted by molar-refractivity contribution is 5.79. The van der Waals surface area contributed by atoms with E-state index in [4.69, 9.17) is 0 Å². The average Bonchev–Trinajstić information content (AvgIpc) is 2.39. The van der Waals surface area contributed by atoms with Crippen molar-refractivity contribution in [3.63, 3.8) is 0 Å². The molecule has 5 heteroatoms. The second-order valence-corrected chi connectivity index (χ2v) is 4.11. The summed E-state index contributed by atoms with van der Waals surface area (Å²) in [4.78, 5) is 24.6. The number of benzene rings is 1. The summed E-state index contributed by atoms with van der Waals surface area (Å²) in [6.07, 6.45) is 0.298. The van der Waals surface area contributed by atoms with Gasteiger partial charge < -0.3 is 9.64 Å². The van der Waals surface area contributed by atoms with Crippen LogP contribution < -0.4 is 0 Å². The summed E-state index contributed by atoms with van der Waals surface area (Å²) in [5.41, 5.74) is 0.626. The minimum atomic E-state index is -0.358. The van der Waals surface area contributed by atoms with Gasteiger partial charge in [-0.25, -0.2) is 4.39 Å². The fourth-order valence-electron chi connectivity index (χ4n) is 1.72. The Bertz CT molecular complexity index is 448. The van der Waals surface area contributed by atoms with Crippen molar-refractivity contribution >= 4 is 11.9 Å². The Balaban J connectivity index is 2.56. The molecule has 0 fully saturated rings. The lowest BCUT2D eigenvalue weighted by Gasteiger charge is -2.20. The number of halogens is 1. The Morgan fingerprint density at radius 2 is 2.11 bits per heavy atom. The van der Waals surface area contributed by atoms with Crippen LogP contribution >= 0.6 is 0 Å². The van der Waals surface area contributed by atoms with Gasteiger partial charge >= 0.3 is 5.97 Å². The molecule has 0 saturated heterocycles. The standard InChI is InChI=1S/C14H18FNO3/c1-3-16(8-7-14(18)19-2)13(17)10-11-5-4-6-12(15)9-11/h4-6,9H,3,7-8,10H2,1-2H3. The molecule has 0 bridgehead atoms. The predicted octanol–water partition coefficient (Wildman–Crippen LogP) is 1.78. The van der Waals surface area contributed by atoms with Gasteiger partial charge in [-0.2, -0.15) is 0 Å². The van der Waals surface area contributed by atoms with E-state index in [0.29, 0.717) is 18.7 Å². The average molecular weight is 267 g/mol. The zero-order valence-electron chi connectivity index (χ0n) is 11.2. The van der Waals surface area contributed by atoms with E-state index < -0.39 is 0 Å². The molecule has 4 nitrogen and oxygen atoms in total. The zero-order chi connectivity index (χ0) is 14.3. The van der Waals surface area contributed by atoms with Crippen LogP contribution in [0.25, 0.3) is 0 Å². The number of amides is 1. The number of ether oxygens (including phenoxy) is 1. The molecule has 19 heavy (non-hydrogen) atoms. The second kappa shape index (κ2) is 7.51. The number of nitrogens with zero attached hydrogens (tertiary/aromatic N) is 1. The molecule has 0 aliphatic carbocycles. The molecular weight excluding hydrogens is 249 g/mol. The van der Waals surface area contributed by atoms with Crippen molar-refractivity contribution in [3.05, 3.63) is 35.6 Å². The lowest BCUT2D eigenvalue weighted by Crippen LogP contribution is -2.34. The molecule has 0 aromatic heterocycles. The molecule has 1 amide bonds. The van der Waals surface area contributed by atoms with E-state index in [0.717, 1.165) is 0 Å². The van der Waals surface area contributed by atoms with Crippen LogP contribution in [-0.2, 0) is 20.7 Å². The van der Waals surface area contributed by atoms with Crippen molar-refractivity contribution in [1.82, 2.24) is 4.90 Å². The van der Waals surface area contributed by atoms with E-state index in [1.54, 1.807) is 17.0 Å². The number of hydrogen-bond donors (Lipinski definition) is 0. The molecule has 0 N–H and O–H groups in total. The summed E-state index contributed by atoms with van der Waals surface area (Å²) in [6.45, 7) is 2.66. The van der Waals surface area contributed by atoms with Crippen LogP contribution in [0.2, 0.25) is 0 Å². The van der Waals surface area contributed by atoms with Gasteiger partial charge in [-0.3, -0.25) is 9.59 Å². The van der Waals surface area contributed by atoms with E-state index in [-0.39, 0.29) is 30.5 Å². The lowest BCUT2D eigenvalue weighted by atomic mass is 10.1. The van der Waals surface area contributed by atoms with Crippen LogP contribution in [0, 0.1) is 5.82 Å². The zero-order valence-corrected chi connectivity index (χ0v) is 11.2. The van der Waals surface area contributed by atoms with Crippen LogP contribution in [0.3, 0.4) is 0 Å². The SMILES string of the molecule is CCN(CCC(=O)OC)C(=O)Cc1cccc(F)c1. The molecule has 0 aliphatic heterocycles. The lowest BCUT2D eigenvalue weighted by molar-refractivity contribution is -0.141. The number of esters is 1. The largest absolute Gasteiger partial charge is 0.469 e. The molecule has 0 spiro atoms. The number of carbonyl (C=O) groups excluding carboxylic acids is 2. The molecule has 0 saturated carbocycles. The van der Waals surface area contributed by atoms with E-state index in [9.17, 15) is 14.0 Å². The van der Waals surface area contributed by atoms with Crippen molar-refractivity contribution in [1.29, 1.82) is 0 Å². The quantitative estimate of drug-likeness (QED) is 0.738. The molecule has 0 unspecified atom stereocenters. The summed E-state index contributed by atoms with van der Waals surface area (Å²) < 4.78 is 17.5. The highest BCUT2D eigenvalue weighted by Crippen LogP contribution is 2.07. The Hall–Kier alpha value is -1.91. The summed E-state index contributed by atoms with van der Waals surface area (Å²) in [5, 5.41) is 0. The second-order valence-electron chi connectivity index (χ2n) is 4.11. The van der Waals surface area contributed by atoms with E-state index >= 15 is 0 Å². The van der Waals surface area contributed by atoms with Gasteiger partial charge in [-0.15, -0.1) is 0 Å². The molecule has 104 valence electrons. The first-order valence-corrected chi connectivity index (χ1v) is 6.15. The molecule has 0 atom stereocenters. The predicted molar refractivity (Wildman–Crippen MR) is 69.0 cm³/mol. The topological polar surface area (TPSA) is 46.6 Å². The number of carbonyl (C=O) groups is 2. The highest BCUT2D eigenvalue weighted by atomic mass is 19.1. The first-order valence-electron chi connectivity index (χ1n) is 6.15. The molecule has 1 aromatic rings. The van der Waals surface area contributed by atoms with Crippen LogP contribution in [-0.4, -0.2) is 37.0 Å². The monoisotopic (exact) mass is 267 g/mol. The Morgan fingerprint density at radius 3 is 2.68 bits per heavy atom. The molecular formula is C14H18FNO3. The normalized spacial score (nSPS) is 10.1. The van der Waals surface area contributed by atoms with Crippen LogP contribution in [0.1, 0.15) is 18.9 Å². The molecule has 0 heterocycles. The van der Waals surface area contributed by atoms with Crippen molar-refractivity contribution in [2.24, 2.45) is 0 Å². The first kappa shape index (κ1) is 15.1. The van der Waals surface area contributed by atoms with Gasteiger partial charge in [0.2, 0.25) is 5.91 Å². The van der Waals surface area contributed by atoms with Gasteiger partial charge in [-0.1, -0.05) is 12.1 Å². The van der Waals surface area contributed by atoms with Gasteiger partial charge in [-0.05, 0) is 24.6 Å². The van der Waals surface area contributed by atoms with Crippen LogP contribution in [0.5, 0.6) is 0 Å². The Labute approximate surface area is 112 Å². The highest BCUT2D eigenvalue weighted by Gasteiger charge is 2.14. The minimum absolute atomic E-state index is 0.128. The van der Waals surface area contributed by atoms with Crippen molar-refractivity contribution in [2.75, 3.05) is 20.2 Å². The van der Waals surface area contributed by atoms with Gasteiger partial charge in [0.25, 0.3) is 0 Å². The third-order valence-corrected chi connectivity index (χ3v) is 2.79. The smallest absolute Gasteiger partial charge is 0.307 e. The summed E-state index contributed by atoms with van der Waals surface area (Å²) in [7, 11) is 1.31. The van der Waals surface area contributed by atoms with Crippen LogP contribution in [0.4, 0.5) is 4.39 Å². The summed E-state index contributed by atoms with van der Waals surface area (Å²) >= 11 is 0. The summed E-state index contributed by atoms with van der Waals surface area (Å²) in [6, 6.07) is 5.95. The Kier molecular flexibility index (Phi) is 5.99. The maximum Gasteiger partial charge on any atom is 0.307 e. The van der Waals surface area contributed by atoms with E-state index in [2.05, 4.69) is 4.74 Å². The number of likely N-dealkylation sites (N-methyl/N-ethyl adjacent to an activating group) is 1. The van der Waals surface area contributed by atoms with Gasteiger partial charge in [0.1, 0.15) is 5.82 Å². The Morgan fingerprint density at radius 1 is 1.37 bits per heavy atom. The van der Waals surface area contributed by atoms with Gasteiger partial charge in [0.15, 0.2) is 0 Å².